The van der Waals surface area contributed by atoms with Crippen LogP contribution in [0.15, 0.2) is 41.0 Å². The van der Waals surface area contributed by atoms with Gasteiger partial charge in [0.1, 0.15) is 5.76 Å². The van der Waals surface area contributed by atoms with Crippen LogP contribution in [0.25, 0.3) is 0 Å². The predicted molar refractivity (Wildman–Crippen MR) is 99.5 cm³/mol. The molecule has 0 aliphatic rings. The smallest absolute Gasteiger partial charge is 0.321 e. The number of ether oxygens (including phenoxy) is 1. The van der Waals surface area contributed by atoms with Crippen LogP contribution >= 0.6 is 0 Å². The number of hydrogen-bond acceptors (Lipinski definition) is 6. The van der Waals surface area contributed by atoms with Gasteiger partial charge in [-0.05, 0) is 43.2 Å². The monoisotopic (exact) mass is 386 g/mol. The molecule has 0 atom stereocenters. The van der Waals surface area contributed by atoms with Crippen LogP contribution < -0.4 is 10.6 Å². The fraction of sp³-hybridized carbons (Fsp3) is 0.300. The van der Waals surface area contributed by atoms with E-state index in [9.17, 15) is 19.2 Å². The molecular formula is C20H22N2O6. The number of furan rings is 1. The molecule has 0 bridgehead atoms. The maximum absolute atomic E-state index is 12.1. The number of urea groups is 1. The highest BCUT2D eigenvalue weighted by atomic mass is 16.5. The minimum atomic E-state index is -0.772. The maximum atomic E-state index is 12.1. The van der Waals surface area contributed by atoms with Gasteiger partial charge in [-0.15, -0.1) is 0 Å². The molecule has 28 heavy (non-hydrogen) atoms. The van der Waals surface area contributed by atoms with E-state index in [1.807, 2.05) is 25.2 Å². The van der Waals surface area contributed by atoms with Gasteiger partial charge in [0.2, 0.25) is 0 Å². The van der Waals surface area contributed by atoms with Gasteiger partial charge in [-0.25, -0.2) is 4.79 Å². The quantitative estimate of drug-likeness (QED) is 0.532. The van der Waals surface area contributed by atoms with Crippen molar-refractivity contribution in [1.29, 1.82) is 0 Å². The second-order valence-electron chi connectivity index (χ2n) is 6.19. The average molecular weight is 386 g/mol. The Morgan fingerprint density at radius 3 is 2.50 bits per heavy atom. The van der Waals surface area contributed by atoms with Gasteiger partial charge in [-0.2, -0.15) is 0 Å². The summed E-state index contributed by atoms with van der Waals surface area (Å²) in [6.45, 7) is 3.37. The molecule has 3 amide bonds. The van der Waals surface area contributed by atoms with Crippen LogP contribution in [-0.2, 0) is 20.9 Å². The number of nitrogens with one attached hydrogen (secondary N) is 2. The first-order valence-electron chi connectivity index (χ1n) is 8.71. The SMILES string of the molecule is Cc1ccc(C(=O)CCC(=O)OCC(=O)NC(=O)NCc2ccco2)cc1C. The molecule has 0 aliphatic carbocycles. The molecule has 148 valence electrons. The largest absolute Gasteiger partial charge is 0.467 e. The molecule has 0 spiro atoms. The van der Waals surface area contributed by atoms with E-state index in [4.69, 9.17) is 9.15 Å². The number of aryl methyl sites for hydroxylation is 2. The van der Waals surface area contributed by atoms with Gasteiger partial charge in [0.15, 0.2) is 12.4 Å². The van der Waals surface area contributed by atoms with Crippen LogP contribution in [-0.4, -0.2) is 30.3 Å². The maximum Gasteiger partial charge on any atom is 0.321 e. The van der Waals surface area contributed by atoms with E-state index in [1.54, 1.807) is 24.3 Å². The molecule has 0 saturated heterocycles. The summed E-state index contributed by atoms with van der Waals surface area (Å²) in [6, 6.07) is 7.94. The number of carbonyl (C=O) groups is 4. The molecule has 0 aliphatic heterocycles. The van der Waals surface area contributed by atoms with E-state index >= 15 is 0 Å². The standard InChI is InChI=1S/C20H22N2O6/c1-13-5-6-15(10-14(13)2)17(23)7-8-19(25)28-12-18(24)22-20(26)21-11-16-4-3-9-27-16/h3-6,9-10H,7-8,11-12H2,1-2H3,(H2,21,22,24,26). The van der Waals surface area contributed by atoms with Gasteiger partial charge in [-0.1, -0.05) is 12.1 Å². The first-order chi connectivity index (χ1) is 13.3. The zero-order valence-corrected chi connectivity index (χ0v) is 15.7. The number of Topliss-reactive ketones (excluding diaryl/α,β-unsaturated/α-hetero) is 1. The minimum absolute atomic E-state index is 0.0212. The number of imide groups is 1. The molecule has 1 aromatic carbocycles. The Labute approximate surface area is 162 Å². The second-order valence-corrected chi connectivity index (χ2v) is 6.19. The van der Waals surface area contributed by atoms with Gasteiger partial charge >= 0.3 is 12.0 Å². The Balaban J connectivity index is 1.65. The number of ketones is 1. The molecule has 0 unspecified atom stereocenters. The highest BCUT2D eigenvalue weighted by Crippen LogP contribution is 2.12. The van der Waals surface area contributed by atoms with Crippen LogP contribution in [0.5, 0.6) is 0 Å². The molecule has 0 fully saturated rings. The van der Waals surface area contributed by atoms with Crippen molar-refractivity contribution in [2.24, 2.45) is 0 Å². The van der Waals surface area contributed by atoms with E-state index in [0.717, 1.165) is 11.1 Å². The third-order valence-corrected chi connectivity index (χ3v) is 4.01. The Morgan fingerprint density at radius 1 is 1.04 bits per heavy atom. The van der Waals surface area contributed by atoms with E-state index in [-0.39, 0.29) is 25.2 Å². The lowest BCUT2D eigenvalue weighted by molar-refractivity contribution is -0.148. The molecule has 0 saturated carbocycles. The van der Waals surface area contributed by atoms with Crippen molar-refractivity contribution in [1.82, 2.24) is 10.6 Å². The van der Waals surface area contributed by atoms with Crippen molar-refractivity contribution < 1.29 is 28.3 Å². The van der Waals surface area contributed by atoms with Crippen LogP contribution in [0.4, 0.5) is 4.79 Å². The summed E-state index contributed by atoms with van der Waals surface area (Å²) < 4.78 is 9.82. The van der Waals surface area contributed by atoms with Crippen LogP contribution in [0.3, 0.4) is 0 Å². The van der Waals surface area contributed by atoms with Crippen molar-refractivity contribution in [3.05, 3.63) is 59.0 Å². The molecule has 0 radical (unpaired) electrons. The van der Waals surface area contributed by atoms with Crippen molar-refractivity contribution in [3.8, 4) is 0 Å². The fourth-order valence-corrected chi connectivity index (χ4v) is 2.28. The second kappa shape index (κ2) is 10.1. The van der Waals surface area contributed by atoms with E-state index in [0.29, 0.717) is 11.3 Å². The summed E-state index contributed by atoms with van der Waals surface area (Å²) in [5, 5.41) is 4.45. The normalized spacial score (nSPS) is 10.2. The topological polar surface area (TPSA) is 115 Å². The van der Waals surface area contributed by atoms with Gasteiger partial charge in [-0.3, -0.25) is 19.7 Å². The Morgan fingerprint density at radius 2 is 1.82 bits per heavy atom. The number of amides is 3. The molecule has 2 aromatic rings. The number of rotatable bonds is 8. The first-order valence-corrected chi connectivity index (χ1v) is 8.71. The van der Waals surface area contributed by atoms with Crippen molar-refractivity contribution in [2.75, 3.05) is 6.61 Å². The van der Waals surface area contributed by atoms with E-state index in [2.05, 4.69) is 5.32 Å². The summed E-state index contributed by atoms with van der Waals surface area (Å²) in [6.07, 6.45) is 1.29. The highest BCUT2D eigenvalue weighted by molar-refractivity contribution is 5.98. The molecular weight excluding hydrogens is 364 g/mol. The zero-order valence-electron chi connectivity index (χ0n) is 15.7. The van der Waals surface area contributed by atoms with Crippen molar-refractivity contribution in [2.45, 2.75) is 33.2 Å². The fourth-order valence-electron chi connectivity index (χ4n) is 2.28. The van der Waals surface area contributed by atoms with Crippen LogP contribution in [0, 0.1) is 13.8 Å². The lowest BCUT2D eigenvalue weighted by Crippen LogP contribution is -2.41. The number of benzene rings is 1. The Hall–Kier alpha value is -3.42. The minimum Gasteiger partial charge on any atom is -0.467 e. The Kier molecular flexibility index (Phi) is 7.50. The molecule has 2 rings (SSSR count). The summed E-state index contributed by atoms with van der Waals surface area (Å²) in [5.41, 5.74) is 2.60. The lowest BCUT2D eigenvalue weighted by atomic mass is 10.0. The Bertz CT molecular complexity index is 858. The molecule has 1 heterocycles. The third-order valence-electron chi connectivity index (χ3n) is 4.01. The first kappa shape index (κ1) is 20.9. The summed E-state index contributed by atoms with van der Waals surface area (Å²) in [5.74, 6) is -1.11. The van der Waals surface area contributed by atoms with Crippen molar-refractivity contribution in [3.63, 3.8) is 0 Å². The van der Waals surface area contributed by atoms with Gasteiger partial charge < -0.3 is 14.5 Å². The van der Waals surface area contributed by atoms with Crippen LogP contribution in [0.2, 0.25) is 0 Å². The van der Waals surface area contributed by atoms with E-state index < -0.39 is 24.5 Å². The van der Waals surface area contributed by atoms with E-state index in [1.165, 1.54) is 6.26 Å². The summed E-state index contributed by atoms with van der Waals surface area (Å²) in [4.78, 5) is 47.0. The van der Waals surface area contributed by atoms with Crippen LogP contribution in [0.1, 0.15) is 40.1 Å². The van der Waals surface area contributed by atoms with Gasteiger partial charge in [0.25, 0.3) is 5.91 Å². The average Bonchev–Trinajstić information content (AvgIpc) is 3.18. The number of esters is 1. The number of carbonyl (C=O) groups excluding carboxylic acids is 4. The molecule has 2 N–H and O–H groups in total. The predicted octanol–water partition coefficient (Wildman–Crippen LogP) is 2.43. The summed E-state index contributed by atoms with van der Waals surface area (Å²) in [7, 11) is 0. The molecule has 1 aromatic heterocycles. The highest BCUT2D eigenvalue weighted by Gasteiger charge is 2.14. The molecule has 8 heteroatoms. The summed E-state index contributed by atoms with van der Waals surface area (Å²) >= 11 is 0. The van der Waals surface area contributed by atoms with Gasteiger partial charge in [0, 0.05) is 12.0 Å². The number of hydrogen-bond donors (Lipinski definition) is 2. The zero-order chi connectivity index (χ0) is 20.5. The lowest BCUT2D eigenvalue weighted by Gasteiger charge is -2.07. The van der Waals surface area contributed by atoms with Crippen molar-refractivity contribution >= 4 is 23.7 Å². The third kappa shape index (κ3) is 6.71. The molecule has 8 nitrogen and oxygen atoms in total. The van der Waals surface area contributed by atoms with Gasteiger partial charge in [0.05, 0.1) is 19.2 Å².